The Morgan fingerprint density at radius 3 is 2.22 bits per heavy atom. The van der Waals surface area contributed by atoms with E-state index in [1.807, 2.05) is 0 Å². The monoisotopic (exact) mass is 332 g/mol. The molecule has 0 amide bonds. The molecule has 0 saturated heterocycles. The van der Waals surface area contributed by atoms with Crippen LogP contribution in [0.2, 0.25) is 24.2 Å². The van der Waals surface area contributed by atoms with Crippen molar-refractivity contribution < 1.29 is 0 Å². The average Bonchev–Trinajstić information content (AvgIpc) is 3.09. The van der Waals surface area contributed by atoms with E-state index in [9.17, 15) is 0 Å². The molecule has 132 valence electrons. The van der Waals surface area contributed by atoms with Gasteiger partial charge in [-0.3, -0.25) is 0 Å². The molecule has 0 heterocycles. The van der Waals surface area contributed by atoms with Crippen LogP contribution in [-0.2, 0) is 0 Å². The fourth-order valence-electron chi connectivity index (χ4n) is 8.56. The van der Waals surface area contributed by atoms with Crippen LogP contribution in [0, 0.1) is 35.5 Å². The molecule has 0 aromatic rings. The maximum Gasteiger partial charge on any atom is 0.0544 e. The molecule has 4 fully saturated rings. The van der Waals surface area contributed by atoms with E-state index >= 15 is 0 Å². The van der Waals surface area contributed by atoms with Gasteiger partial charge in [0.05, 0.1) is 8.07 Å². The van der Waals surface area contributed by atoms with Crippen molar-refractivity contribution >= 4 is 8.07 Å². The molecular weight excluding hydrogens is 292 g/mol. The first-order valence-corrected chi connectivity index (χ1v) is 14.2. The molecular formula is C22H40Si. The minimum Gasteiger partial charge on any atom is -0.0689 e. The van der Waals surface area contributed by atoms with Gasteiger partial charge in [-0.1, -0.05) is 84.7 Å². The SMILES string of the molecule is CC1CCCC2C1CC(C)C2[Si](C)(C)C1CCC2CCCCC21. The quantitative estimate of drug-likeness (QED) is 0.472. The summed E-state index contributed by atoms with van der Waals surface area (Å²) in [4.78, 5) is 0. The third kappa shape index (κ3) is 2.68. The number of rotatable bonds is 2. The molecule has 8 atom stereocenters. The fourth-order valence-corrected chi connectivity index (χ4v) is 14.6. The Balaban J connectivity index is 1.57. The molecule has 4 aliphatic carbocycles. The smallest absolute Gasteiger partial charge is 0.0544 e. The molecule has 0 aromatic heterocycles. The van der Waals surface area contributed by atoms with Crippen LogP contribution in [0.25, 0.3) is 0 Å². The summed E-state index contributed by atoms with van der Waals surface area (Å²) in [5.74, 6) is 6.57. The minimum absolute atomic E-state index is 1.03. The lowest BCUT2D eigenvalue weighted by Crippen LogP contribution is -2.45. The molecule has 4 aliphatic rings. The molecule has 0 N–H and O–H groups in total. The topological polar surface area (TPSA) is 0 Å². The lowest BCUT2D eigenvalue weighted by Gasteiger charge is -2.47. The molecule has 4 rings (SSSR count). The van der Waals surface area contributed by atoms with Gasteiger partial charge in [-0.2, -0.15) is 0 Å². The Hall–Kier alpha value is 0.217. The lowest BCUT2D eigenvalue weighted by molar-refractivity contribution is 0.194. The first-order valence-electron chi connectivity index (χ1n) is 11.0. The zero-order chi connectivity index (χ0) is 16.2. The van der Waals surface area contributed by atoms with E-state index in [0.717, 1.165) is 41.0 Å². The Morgan fingerprint density at radius 1 is 0.652 bits per heavy atom. The summed E-state index contributed by atoms with van der Waals surface area (Å²) in [6, 6.07) is 0. The summed E-state index contributed by atoms with van der Waals surface area (Å²) in [7, 11) is -1.15. The second-order valence-electron chi connectivity index (χ2n) is 10.7. The molecule has 0 radical (unpaired) electrons. The van der Waals surface area contributed by atoms with E-state index in [1.54, 1.807) is 44.9 Å². The standard InChI is InChI=1S/C22H40Si/c1-15-8-7-11-19-20(15)14-16(2)22(19)23(3,4)21-13-12-17-9-5-6-10-18(17)21/h15-22H,5-14H2,1-4H3. The summed E-state index contributed by atoms with van der Waals surface area (Å²) in [5, 5.41) is 0. The van der Waals surface area contributed by atoms with Gasteiger partial charge in [-0.15, -0.1) is 0 Å². The minimum atomic E-state index is -1.15. The lowest BCUT2D eigenvalue weighted by atomic mass is 9.75. The second-order valence-corrected chi connectivity index (χ2v) is 15.7. The summed E-state index contributed by atoms with van der Waals surface area (Å²) in [6.45, 7) is 10.9. The Kier molecular flexibility index (Phi) is 4.48. The predicted molar refractivity (Wildman–Crippen MR) is 103 cm³/mol. The van der Waals surface area contributed by atoms with Gasteiger partial charge in [-0.25, -0.2) is 0 Å². The van der Waals surface area contributed by atoms with Crippen LogP contribution in [0.15, 0.2) is 0 Å². The van der Waals surface area contributed by atoms with Crippen molar-refractivity contribution in [1.29, 1.82) is 0 Å². The van der Waals surface area contributed by atoms with Crippen molar-refractivity contribution in [3.63, 3.8) is 0 Å². The van der Waals surface area contributed by atoms with E-state index in [0.29, 0.717) is 0 Å². The summed E-state index contributed by atoms with van der Waals surface area (Å²) >= 11 is 0. The number of hydrogen-bond donors (Lipinski definition) is 0. The van der Waals surface area contributed by atoms with Gasteiger partial charge in [0.25, 0.3) is 0 Å². The molecule has 0 nitrogen and oxygen atoms in total. The van der Waals surface area contributed by atoms with Crippen molar-refractivity contribution in [2.75, 3.05) is 0 Å². The molecule has 1 heteroatoms. The molecule has 0 aromatic carbocycles. The molecule has 0 bridgehead atoms. The Morgan fingerprint density at radius 2 is 1.39 bits per heavy atom. The van der Waals surface area contributed by atoms with Crippen LogP contribution in [0.4, 0.5) is 0 Å². The van der Waals surface area contributed by atoms with E-state index < -0.39 is 8.07 Å². The maximum atomic E-state index is 2.84. The van der Waals surface area contributed by atoms with Crippen LogP contribution in [0.3, 0.4) is 0 Å². The van der Waals surface area contributed by atoms with Crippen LogP contribution in [-0.4, -0.2) is 8.07 Å². The third-order valence-corrected chi connectivity index (χ3v) is 14.7. The van der Waals surface area contributed by atoms with Gasteiger partial charge in [0.15, 0.2) is 0 Å². The number of hydrogen-bond acceptors (Lipinski definition) is 0. The molecule has 0 aliphatic heterocycles. The summed E-state index contributed by atoms with van der Waals surface area (Å²) in [6.07, 6.45) is 15.7. The molecule has 8 unspecified atom stereocenters. The zero-order valence-electron chi connectivity index (χ0n) is 16.2. The normalized spacial score (nSPS) is 50.6. The van der Waals surface area contributed by atoms with Crippen molar-refractivity contribution in [1.82, 2.24) is 0 Å². The second kappa shape index (κ2) is 6.18. The largest absolute Gasteiger partial charge is 0.0689 e. The van der Waals surface area contributed by atoms with Crippen LogP contribution in [0.5, 0.6) is 0 Å². The van der Waals surface area contributed by atoms with Crippen molar-refractivity contribution in [2.24, 2.45) is 35.5 Å². The van der Waals surface area contributed by atoms with E-state index in [2.05, 4.69) is 26.9 Å². The zero-order valence-corrected chi connectivity index (χ0v) is 17.2. The molecule has 4 saturated carbocycles. The highest BCUT2D eigenvalue weighted by Gasteiger charge is 2.56. The highest BCUT2D eigenvalue weighted by atomic mass is 28.3. The van der Waals surface area contributed by atoms with Crippen LogP contribution < -0.4 is 0 Å². The van der Waals surface area contributed by atoms with Gasteiger partial charge in [-0.05, 0) is 53.0 Å². The van der Waals surface area contributed by atoms with Crippen LogP contribution in [0.1, 0.15) is 78.1 Å². The highest BCUT2D eigenvalue weighted by Crippen LogP contribution is 2.63. The number of fused-ring (bicyclic) bond motifs is 2. The highest BCUT2D eigenvalue weighted by molar-refractivity contribution is 6.80. The average molecular weight is 333 g/mol. The van der Waals surface area contributed by atoms with Crippen molar-refractivity contribution in [3.8, 4) is 0 Å². The first-order chi connectivity index (χ1) is 11.0. The van der Waals surface area contributed by atoms with Gasteiger partial charge >= 0.3 is 0 Å². The molecule has 0 spiro atoms. The van der Waals surface area contributed by atoms with Gasteiger partial charge in [0.1, 0.15) is 0 Å². The summed E-state index contributed by atoms with van der Waals surface area (Å²) in [5.41, 5.74) is 2.33. The predicted octanol–water partition coefficient (Wildman–Crippen LogP) is 7.13. The third-order valence-electron chi connectivity index (χ3n) is 9.34. The van der Waals surface area contributed by atoms with Gasteiger partial charge < -0.3 is 0 Å². The summed E-state index contributed by atoms with van der Waals surface area (Å²) < 4.78 is 0. The van der Waals surface area contributed by atoms with Gasteiger partial charge in [0, 0.05) is 0 Å². The Labute approximate surface area is 146 Å². The van der Waals surface area contributed by atoms with E-state index in [1.165, 1.54) is 24.8 Å². The Bertz CT molecular complexity index is 428. The van der Waals surface area contributed by atoms with E-state index in [-0.39, 0.29) is 0 Å². The molecule has 23 heavy (non-hydrogen) atoms. The van der Waals surface area contributed by atoms with Crippen molar-refractivity contribution in [2.45, 2.75) is 102 Å². The van der Waals surface area contributed by atoms with Gasteiger partial charge in [0.2, 0.25) is 0 Å². The van der Waals surface area contributed by atoms with Crippen LogP contribution >= 0.6 is 0 Å². The van der Waals surface area contributed by atoms with E-state index in [4.69, 9.17) is 0 Å². The maximum absolute atomic E-state index is 2.84. The first kappa shape index (κ1) is 16.7. The fraction of sp³-hybridized carbons (Fsp3) is 1.00. The van der Waals surface area contributed by atoms with Crippen molar-refractivity contribution in [3.05, 3.63) is 0 Å².